The molecule has 0 heterocycles. The molecular weight excluding hydrogens is 342 g/mol. The molecule has 4 unspecified atom stereocenters. The number of carboxylic acid groups (broad SMARTS) is 1. The fraction of sp³-hybridized carbons (Fsp3) is 0.227. The molecule has 1 amide bonds. The second-order valence-electron chi connectivity index (χ2n) is 7.07. The zero-order valence-corrected chi connectivity index (χ0v) is 14.5. The van der Waals surface area contributed by atoms with E-state index in [1.165, 1.54) is 0 Å². The molecule has 2 N–H and O–H groups in total. The molecule has 5 nitrogen and oxygen atoms in total. The molecule has 0 aliphatic heterocycles. The maximum Gasteiger partial charge on any atom is 0.307 e. The van der Waals surface area contributed by atoms with Gasteiger partial charge in [-0.2, -0.15) is 0 Å². The Labute approximate surface area is 156 Å². The van der Waals surface area contributed by atoms with Gasteiger partial charge in [-0.15, -0.1) is 0 Å². The number of ketones is 1. The molecule has 0 saturated heterocycles. The maximum atomic E-state index is 12.9. The Kier molecular flexibility index (Phi) is 4.36. The number of nitrogens with one attached hydrogen (secondary N) is 1. The van der Waals surface area contributed by atoms with Gasteiger partial charge in [-0.3, -0.25) is 14.4 Å². The fourth-order valence-corrected chi connectivity index (χ4v) is 4.27. The lowest BCUT2D eigenvalue weighted by Gasteiger charge is -2.24. The van der Waals surface area contributed by atoms with E-state index in [-0.39, 0.29) is 23.5 Å². The predicted molar refractivity (Wildman–Crippen MR) is 100 cm³/mol. The van der Waals surface area contributed by atoms with Crippen molar-refractivity contribution in [3.8, 4) is 0 Å². The molecule has 4 atom stereocenters. The van der Waals surface area contributed by atoms with E-state index in [0.717, 1.165) is 0 Å². The molecule has 1 saturated carbocycles. The first kappa shape index (κ1) is 17.2. The lowest BCUT2D eigenvalue weighted by atomic mass is 9.82. The molecule has 2 aromatic rings. The van der Waals surface area contributed by atoms with Gasteiger partial charge >= 0.3 is 5.97 Å². The van der Waals surface area contributed by atoms with Gasteiger partial charge in [-0.1, -0.05) is 54.6 Å². The van der Waals surface area contributed by atoms with Crippen LogP contribution < -0.4 is 5.32 Å². The minimum absolute atomic E-state index is 0.0620. The van der Waals surface area contributed by atoms with Crippen molar-refractivity contribution in [1.29, 1.82) is 0 Å². The van der Waals surface area contributed by atoms with Crippen molar-refractivity contribution in [2.75, 3.05) is 5.32 Å². The van der Waals surface area contributed by atoms with Crippen LogP contribution in [0.4, 0.5) is 5.69 Å². The summed E-state index contributed by atoms with van der Waals surface area (Å²) in [5.74, 6) is -2.95. The van der Waals surface area contributed by atoms with Crippen LogP contribution in [0.1, 0.15) is 22.3 Å². The van der Waals surface area contributed by atoms with Crippen molar-refractivity contribution < 1.29 is 19.5 Å². The summed E-state index contributed by atoms with van der Waals surface area (Å²) in [5, 5.41) is 12.4. The van der Waals surface area contributed by atoms with Crippen LogP contribution in [-0.2, 0) is 9.59 Å². The Hall–Kier alpha value is -3.21. The van der Waals surface area contributed by atoms with Crippen LogP contribution in [-0.4, -0.2) is 22.8 Å². The summed E-state index contributed by atoms with van der Waals surface area (Å²) >= 11 is 0. The average Bonchev–Trinajstić information content (AvgIpc) is 3.30. The van der Waals surface area contributed by atoms with Gasteiger partial charge in [0.25, 0.3) is 0 Å². The van der Waals surface area contributed by atoms with Crippen molar-refractivity contribution in [3.63, 3.8) is 0 Å². The minimum atomic E-state index is -0.944. The molecule has 5 heteroatoms. The molecule has 27 heavy (non-hydrogen) atoms. The Bertz CT molecular complexity index is 934. The summed E-state index contributed by atoms with van der Waals surface area (Å²) in [4.78, 5) is 37.4. The highest BCUT2D eigenvalue weighted by Gasteiger charge is 2.51. The molecule has 4 rings (SSSR count). The van der Waals surface area contributed by atoms with Gasteiger partial charge < -0.3 is 10.4 Å². The normalized spacial score (nSPS) is 25.3. The van der Waals surface area contributed by atoms with E-state index in [0.29, 0.717) is 23.2 Å². The lowest BCUT2D eigenvalue weighted by molar-refractivity contribution is -0.146. The number of para-hydroxylation sites is 1. The number of aliphatic carboxylic acids is 1. The zero-order valence-electron chi connectivity index (χ0n) is 14.5. The molecule has 0 radical (unpaired) electrons. The molecule has 2 bridgehead atoms. The third-order valence-electron chi connectivity index (χ3n) is 5.51. The summed E-state index contributed by atoms with van der Waals surface area (Å²) in [6.45, 7) is 0. The van der Waals surface area contributed by atoms with Crippen LogP contribution in [0.3, 0.4) is 0 Å². The number of rotatable bonds is 5. The van der Waals surface area contributed by atoms with Crippen molar-refractivity contribution in [1.82, 2.24) is 0 Å². The Morgan fingerprint density at radius 3 is 2.19 bits per heavy atom. The third-order valence-corrected chi connectivity index (χ3v) is 5.51. The summed E-state index contributed by atoms with van der Waals surface area (Å²) < 4.78 is 0. The lowest BCUT2D eigenvalue weighted by Crippen LogP contribution is -2.36. The van der Waals surface area contributed by atoms with Gasteiger partial charge in [0.15, 0.2) is 5.78 Å². The van der Waals surface area contributed by atoms with Crippen molar-refractivity contribution in [2.24, 2.45) is 23.7 Å². The van der Waals surface area contributed by atoms with E-state index >= 15 is 0 Å². The third kappa shape index (κ3) is 3.05. The maximum absolute atomic E-state index is 12.9. The van der Waals surface area contributed by atoms with Crippen LogP contribution in [0, 0.1) is 23.7 Å². The van der Waals surface area contributed by atoms with Crippen LogP contribution in [0.5, 0.6) is 0 Å². The average molecular weight is 361 g/mol. The summed E-state index contributed by atoms with van der Waals surface area (Å²) in [6, 6.07) is 15.7. The van der Waals surface area contributed by atoms with Gasteiger partial charge in [-0.25, -0.2) is 0 Å². The van der Waals surface area contributed by atoms with Crippen molar-refractivity contribution in [3.05, 3.63) is 77.9 Å². The topological polar surface area (TPSA) is 83.5 Å². The molecular formula is C22H19NO4. The minimum Gasteiger partial charge on any atom is -0.481 e. The molecule has 136 valence electrons. The van der Waals surface area contributed by atoms with Gasteiger partial charge in [0.05, 0.1) is 17.5 Å². The Morgan fingerprint density at radius 1 is 0.852 bits per heavy atom. The molecule has 2 aliphatic rings. The van der Waals surface area contributed by atoms with Gasteiger partial charge in [0, 0.05) is 11.1 Å². The highest BCUT2D eigenvalue weighted by Crippen LogP contribution is 2.48. The van der Waals surface area contributed by atoms with E-state index < -0.39 is 17.8 Å². The monoisotopic (exact) mass is 361 g/mol. The van der Waals surface area contributed by atoms with E-state index in [1.54, 1.807) is 48.5 Å². The van der Waals surface area contributed by atoms with E-state index in [1.807, 2.05) is 18.2 Å². The number of fused-ring (bicyclic) bond motifs is 2. The highest BCUT2D eigenvalue weighted by molar-refractivity contribution is 6.14. The second-order valence-corrected chi connectivity index (χ2v) is 7.07. The number of anilines is 1. The fourth-order valence-electron chi connectivity index (χ4n) is 4.27. The molecule has 0 spiro atoms. The van der Waals surface area contributed by atoms with E-state index in [2.05, 4.69) is 5.32 Å². The SMILES string of the molecule is O=C(c1ccccc1)c1ccccc1NC(=O)C1C2C=CC(C2)C1C(=O)O. The highest BCUT2D eigenvalue weighted by atomic mass is 16.4. The number of hydrogen-bond acceptors (Lipinski definition) is 3. The quantitative estimate of drug-likeness (QED) is 0.632. The van der Waals surface area contributed by atoms with Gasteiger partial charge in [-0.05, 0) is 30.4 Å². The number of allylic oxidation sites excluding steroid dienone is 2. The van der Waals surface area contributed by atoms with Crippen LogP contribution in [0.2, 0.25) is 0 Å². The number of carbonyl (C=O) groups excluding carboxylic acids is 2. The Morgan fingerprint density at radius 2 is 1.48 bits per heavy atom. The Balaban J connectivity index is 1.60. The van der Waals surface area contributed by atoms with Crippen LogP contribution in [0.15, 0.2) is 66.7 Å². The molecule has 1 fully saturated rings. The number of amides is 1. The summed E-state index contributed by atoms with van der Waals surface area (Å²) in [7, 11) is 0. The van der Waals surface area contributed by atoms with Crippen molar-refractivity contribution in [2.45, 2.75) is 6.42 Å². The number of carbonyl (C=O) groups is 3. The summed E-state index contributed by atoms with van der Waals surface area (Å²) in [5.41, 5.74) is 1.33. The number of carboxylic acids is 1. The predicted octanol–water partition coefficient (Wildman–Crippen LogP) is 3.38. The van der Waals surface area contributed by atoms with Gasteiger partial charge in [0.1, 0.15) is 0 Å². The van der Waals surface area contributed by atoms with Crippen molar-refractivity contribution >= 4 is 23.3 Å². The van der Waals surface area contributed by atoms with Crippen LogP contribution in [0.25, 0.3) is 0 Å². The zero-order chi connectivity index (χ0) is 19.0. The smallest absolute Gasteiger partial charge is 0.307 e. The van der Waals surface area contributed by atoms with E-state index in [9.17, 15) is 19.5 Å². The first-order valence-electron chi connectivity index (χ1n) is 8.97. The second kappa shape index (κ2) is 6.83. The largest absolute Gasteiger partial charge is 0.481 e. The first-order chi connectivity index (χ1) is 13.1. The standard InChI is InChI=1S/C22H19NO4/c24-20(13-6-2-1-3-7-13)16-8-4-5-9-17(16)23-21(25)18-14-10-11-15(12-14)19(18)22(26)27/h1-11,14-15,18-19H,12H2,(H,23,25)(H,26,27). The molecule has 2 aromatic carbocycles. The molecule has 0 aromatic heterocycles. The number of hydrogen-bond donors (Lipinski definition) is 2. The first-order valence-corrected chi connectivity index (χ1v) is 8.97. The number of benzene rings is 2. The van der Waals surface area contributed by atoms with Gasteiger partial charge in [0.2, 0.25) is 5.91 Å². The molecule has 2 aliphatic carbocycles. The summed E-state index contributed by atoms with van der Waals surface area (Å²) in [6.07, 6.45) is 4.54. The van der Waals surface area contributed by atoms with Crippen LogP contribution >= 0.6 is 0 Å². The van der Waals surface area contributed by atoms with E-state index in [4.69, 9.17) is 0 Å².